The fourth-order valence-electron chi connectivity index (χ4n) is 2.06. The molecule has 5 nitrogen and oxygen atoms in total. The van der Waals surface area contributed by atoms with E-state index in [-0.39, 0.29) is 10.6 Å². The lowest BCUT2D eigenvalue weighted by Gasteiger charge is -2.00. The van der Waals surface area contributed by atoms with Gasteiger partial charge in [0.25, 0.3) is 5.69 Å². The lowest BCUT2D eigenvalue weighted by atomic mass is 10.2. The van der Waals surface area contributed by atoms with Gasteiger partial charge in [0.05, 0.1) is 21.7 Å². The molecule has 23 heavy (non-hydrogen) atoms. The molecule has 3 rings (SSSR count). The molecule has 0 atom stereocenters. The third-order valence-corrected chi connectivity index (χ3v) is 5.39. The quantitative estimate of drug-likeness (QED) is 0.361. The summed E-state index contributed by atoms with van der Waals surface area (Å²) in [6.07, 6.45) is 0. The van der Waals surface area contributed by atoms with E-state index in [9.17, 15) is 10.1 Å². The van der Waals surface area contributed by atoms with E-state index in [0.29, 0.717) is 6.61 Å². The largest absolute Gasteiger partial charge is 0.494 e. The summed E-state index contributed by atoms with van der Waals surface area (Å²) in [4.78, 5) is 14.9. The number of hydrogen-bond donors (Lipinski definition) is 0. The predicted molar refractivity (Wildman–Crippen MR) is 93.4 cm³/mol. The average Bonchev–Trinajstić information content (AvgIpc) is 2.96. The maximum atomic E-state index is 10.6. The second kappa shape index (κ2) is 6.97. The summed E-state index contributed by atoms with van der Waals surface area (Å²) >= 11 is 3.26. The number of hydrogen-bond acceptors (Lipinski definition) is 6. The van der Waals surface area contributed by atoms with Crippen LogP contribution in [0, 0.1) is 10.1 Å². The Kier molecular flexibility index (Phi) is 4.78. The molecular weight excluding hydrogens is 332 g/mol. The van der Waals surface area contributed by atoms with E-state index in [1.165, 1.54) is 12.1 Å². The zero-order valence-corrected chi connectivity index (χ0v) is 14.0. The van der Waals surface area contributed by atoms with Crippen LogP contribution in [0.3, 0.4) is 0 Å². The summed E-state index contributed by atoms with van der Waals surface area (Å²) < 4.78 is 7.58. The number of aromatic nitrogens is 1. The molecule has 3 aromatic rings. The molecule has 118 valence electrons. The number of rotatable bonds is 6. The molecule has 2 aromatic carbocycles. The number of nitro benzene ring substituents is 1. The second-order valence-corrected chi connectivity index (χ2v) is 7.01. The predicted octanol–water partition coefficient (Wildman–Crippen LogP) is 4.90. The van der Waals surface area contributed by atoms with Crippen molar-refractivity contribution in [1.29, 1.82) is 0 Å². The Bertz CT molecular complexity index is 831. The second-order valence-electron chi connectivity index (χ2n) is 4.75. The summed E-state index contributed by atoms with van der Waals surface area (Å²) in [5.74, 6) is 1.59. The number of nitrogens with zero attached hydrogens (tertiary/aromatic N) is 2. The molecule has 0 unspecified atom stereocenters. The Morgan fingerprint density at radius 3 is 2.74 bits per heavy atom. The van der Waals surface area contributed by atoms with E-state index in [2.05, 4.69) is 4.98 Å². The Labute approximate surface area is 141 Å². The first-order valence-corrected chi connectivity index (χ1v) is 8.85. The van der Waals surface area contributed by atoms with Crippen LogP contribution >= 0.6 is 23.1 Å². The van der Waals surface area contributed by atoms with Gasteiger partial charge in [0.1, 0.15) is 5.75 Å². The van der Waals surface area contributed by atoms with E-state index in [0.717, 1.165) is 31.6 Å². The molecule has 1 heterocycles. The molecule has 0 aliphatic heterocycles. The first-order chi connectivity index (χ1) is 11.2. The van der Waals surface area contributed by atoms with Crippen LogP contribution in [0.25, 0.3) is 10.2 Å². The summed E-state index contributed by atoms with van der Waals surface area (Å²) in [6.45, 7) is 2.61. The van der Waals surface area contributed by atoms with Gasteiger partial charge in [-0.05, 0) is 30.7 Å². The van der Waals surface area contributed by atoms with Gasteiger partial charge in [0.15, 0.2) is 4.34 Å². The van der Waals surface area contributed by atoms with Gasteiger partial charge in [-0.25, -0.2) is 4.98 Å². The van der Waals surface area contributed by atoms with Gasteiger partial charge in [0, 0.05) is 17.9 Å². The number of ether oxygens (including phenoxy) is 1. The normalized spacial score (nSPS) is 10.8. The molecule has 7 heteroatoms. The van der Waals surface area contributed by atoms with Gasteiger partial charge in [-0.3, -0.25) is 10.1 Å². The summed E-state index contributed by atoms with van der Waals surface area (Å²) in [5.41, 5.74) is 2.11. The van der Waals surface area contributed by atoms with Gasteiger partial charge >= 0.3 is 0 Å². The molecule has 0 spiro atoms. The number of thiazole rings is 1. The van der Waals surface area contributed by atoms with Crippen molar-refractivity contribution >= 4 is 39.0 Å². The van der Waals surface area contributed by atoms with Crippen molar-refractivity contribution in [2.24, 2.45) is 0 Å². The molecular formula is C16H14N2O3S2. The Hall–Kier alpha value is -2.12. The molecule has 0 amide bonds. The Morgan fingerprint density at radius 2 is 2.04 bits per heavy atom. The van der Waals surface area contributed by atoms with Crippen molar-refractivity contribution in [2.45, 2.75) is 17.0 Å². The molecule has 0 aliphatic carbocycles. The maximum Gasteiger partial charge on any atom is 0.269 e. The Morgan fingerprint density at radius 1 is 1.26 bits per heavy atom. The van der Waals surface area contributed by atoms with E-state index in [1.807, 2.05) is 25.1 Å². The van der Waals surface area contributed by atoms with E-state index in [1.54, 1.807) is 35.2 Å². The SMILES string of the molecule is CCOc1ccc2nc(SCc3ccc([N+](=O)[O-])cc3)sc2c1. The van der Waals surface area contributed by atoms with Gasteiger partial charge in [-0.1, -0.05) is 23.9 Å². The lowest BCUT2D eigenvalue weighted by Crippen LogP contribution is -1.89. The van der Waals surface area contributed by atoms with Gasteiger partial charge in [0.2, 0.25) is 0 Å². The maximum absolute atomic E-state index is 10.6. The van der Waals surface area contributed by atoms with Crippen LogP contribution in [-0.4, -0.2) is 16.5 Å². The molecule has 0 N–H and O–H groups in total. The van der Waals surface area contributed by atoms with Gasteiger partial charge < -0.3 is 4.74 Å². The van der Waals surface area contributed by atoms with Gasteiger partial charge in [-0.2, -0.15) is 0 Å². The third-order valence-electron chi connectivity index (χ3n) is 3.16. The van der Waals surface area contributed by atoms with Crippen LogP contribution in [0.2, 0.25) is 0 Å². The highest BCUT2D eigenvalue weighted by Gasteiger charge is 2.08. The number of fused-ring (bicyclic) bond motifs is 1. The molecule has 0 bridgehead atoms. The minimum absolute atomic E-state index is 0.113. The van der Waals surface area contributed by atoms with Crippen LogP contribution in [-0.2, 0) is 5.75 Å². The van der Waals surface area contributed by atoms with Crippen LogP contribution in [0.15, 0.2) is 46.8 Å². The van der Waals surface area contributed by atoms with E-state index < -0.39 is 0 Å². The fraction of sp³-hybridized carbons (Fsp3) is 0.188. The van der Waals surface area contributed by atoms with Crippen molar-refractivity contribution in [1.82, 2.24) is 4.98 Å². The molecule has 0 aliphatic rings. The summed E-state index contributed by atoms with van der Waals surface area (Å²) in [5, 5.41) is 10.6. The van der Waals surface area contributed by atoms with Gasteiger partial charge in [-0.15, -0.1) is 11.3 Å². The minimum Gasteiger partial charge on any atom is -0.494 e. The van der Waals surface area contributed by atoms with Crippen molar-refractivity contribution < 1.29 is 9.66 Å². The molecule has 0 saturated heterocycles. The topological polar surface area (TPSA) is 65.3 Å². The van der Waals surface area contributed by atoms with Crippen molar-refractivity contribution in [3.05, 3.63) is 58.1 Å². The van der Waals surface area contributed by atoms with Crippen LogP contribution < -0.4 is 4.74 Å². The number of non-ortho nitro benzene ring substituents is 1. The summed E-state index contributed by atoms with van der Waals surface area (Å²) in [7, 11) is 0. The monoisotopic (exact) mass is 346 g/mol. The first kappa shape index (κ1) is 15.8. The molecule has 0 radical (unpaired) electrons. The molecule has 0 saturated carbocycles. The molecule has 0 fully saturated rings. The van der Waals surface area contributed by atoms with Crippen molar-refractivity contribution in [3.63, 3.8) is 0 Å². The minimum atomic E-state index is -0.388. The van der Waals surface area contributed by atoms with Crippen LogP contribution in [0.4, 0.5) is 5.69 Å². The number of thioether (sulfide) groups is 1. The highest BCUT2D eigenvalue weighted by atomic mass is 32.2. The number of nitro groups is 1. The first-order valence-electron chi connectivity index (χ1n) is 7.05. The van der Waals surface area contributed by atoms with Crippen molar-refractivity contribution in [2.75, 3.05) is 6.61 Å². The van der Waals surface area contributed by atoms with Crippen LogP contribution in [0.5, 0.6) is 5.75 Å². The Balaban J connectivity index is 1.70. The zero-order valence-electron chi connectivity index (χ0n) is 12.4. The standard InChI is InChI=1S/C16H14N2O3S2/c1-2-21-13-7-8-14-15(9-13)23-16(17-14)22-10-11-3-5-12(6-4-11)18(19)20/h3-9H,2,10H2,1H3. The average molecular weight is 346 g/mol. The number of benzene rings is 2. The van der Waals surface area contributed by atoms with Crippen molar-refractivity contribution in [3.8, 4) is 5.75 Å². The summed E-state index contributed by atoms with van der Waals surface area (Å²) in [6, 6.07) is 12.5. The smallest absolute Gasteiger partial charge is 0.269 e. The highest BCUT2D eigenvalue weighted by molar-refractivity contribution is 8.00. The van der Waals surface area contributed by atoms with E-state index in [4.69, 9.17) is 4.74 Å². The lowest BCUT2D eigenvalue weighted by molar-refractivity contribution is -0.384. The van der Waals surface area contributed by atoms with Crippen LogP contribution in [0.1, 0.15) is 12.5 Å². The fourth-order valence-corrected chi connectivity index (χ4v) is 4.11. The highest BCUT2D eigenvalue weighted by Crippen LogP contribution is 2.33. The third kappa shape index (κ3) is 3.80. The molecule has 1 aromatic heterocycles. The zero-order chi connectivity index (χ0) is 16.2. The van der Waals surface area contributed by atoms with E-state index >= 15 is 0 Å².